The molecule has 2 N–H and O–H groups in total. The smallest absolute Gasteiger partial charge is 0.226 e. The van der Waals surface area contributed by atoms with Crippen molar-refractivity contribution in [2.24, 2.45) is 0 Å². The number of benzene rings is 2. The first-order chi connectivity index (χ1) is 16.0. The third-order valence-corrected chi connectivity index (χ3v) is 5.70. The molecule has 6 nitrogen and oxygen atoms in total. The maximum absolute atomic E-state index is 13.9. The zero-order chi connectivity index (χ0) is 23.2. The van der Waals surface area contributed by atoms with E-state index in [4.69, 9.17) is 4.42 Å². The highest BCUT2D eigenvalue weighted by atomic mass is 32.1. The minimum atomic E-state index is -0.349. The predicted molar refractivity (Wildman–Crippen MR) is 126 cm³/mol. The van der Waals surface area contributed by atoms with Crippen LogP contribution in [0, 0.1) is 5.82 Å². The number of hydrogen-bond acceptors (Lipinski definition) is 5. The number of furan rings is 1. The van der Waals surface area contributed by atoms with Gasteiger partial charge in [0.05, 0.1) is 11.3 Å². The van der Waals surface area contributed by atoms with Crippen LogP contribution in [0.1, 0.15) is 24.7 Å². The van der Waals surface area contributed by atoms with E-state index >= 15 is 0 Å². The molecule has 0 aliphatic heterocycles. The Labute approximate surface area is 194 Å². The van der Waals surface area contributed by atoms with Crippen LogP contribution in [-0.2, 0) is 22.6 Å². The maximum atomic E-state index is 13.9. The van der Waals surface area contributed by atoms with E-state index in [1.54, 1.807) is 30.3 Å². The fourth-order valence-electron chi connectivity index (χ4n) is 3.22. The molecule has 0 atom stereocenters. The second-order valence-electron chi connectivity index (χ2n) is 7.44. The molecule has 33 heavy (non-hydrogen) atoms. The highest BCUT2D eigenvalue weighted by Gasteiger charge is 2.12. The first kappa shape index (κ1) is 22.4. The summed E-state index contributed by atoms with van der Waals surface area (Å²) in [5.74, 6) is 0.457. The van der Waals surface area contributed by atoms with Crippen molar-refractivity contribution in [1.29, 1.82) is 0 Å². The van der Waals surface area contributed by atoms with Crippen LogP contribution in [-0.4, -0.2) is 16.8 Å². The molecule has 2 aromatic heterocycles. The normalized spacial score (nSPS) is 10.7. The molecule has 0 unspecified atom stereocenters. The van der Waals surface area contributed by atoms with Gasteiger partial charge in [-0.3, -0.25) is 9.59 Å². The largest absolute Gasteiger partial charge is 0.461 e. The number of hydrogen-bond donors (Lipinski definition) is 2. The summed E-state index contributed by atoms with van der Waals surface area (Å²) >= 11 is 1.35. The third kappa shape index (κ3) is 5.93. The van der Waals surface area contributed by atoms with E-state index in [0.29, 0.717) is 35.2 Å². The lowest BCUT2D eigenvalue weighted by atomic mass is 10.1. The van der Waals surface area contributed by atoms with E-state index in [1.165, 1.54) is 24.3 Å². The number of carbonyl (C=O) groups is 2. The van der Waals surface area contributed by atoms with E-state index in [2.05, 4.69) is 15.6 Å². The lowest BCUT2D eigenvalue weighted by molar-refractivity contribution is -0.119. The van der Waals surface area contributed by atoms with Crippen LogP contribution < -0.4 is 10.6 Å². The number of amides is 2. The van der Waals surface area contributed by atoms with Crippen molar-refractivity contribution in [3.63, 3.8) is 0 Å². The standard InChI is InChI=1S/C25H22FN3O3S/c1-16(30)27-14-17-6-8-18(9-7-17)22-15-33-25(28-22)29-24(31)13-11-19-10-12-23(32-19)20-4-2-3-5-21(20)26/h2-10,12,15H,11,13-14H2,1H3,(H,27,30)(H,28,29,31). The molecule has 0 fully saturated rings. The van der Waals surface area contributed by atoms with Crippen LogP contribution in [0.4, 0.5) is 9.52 Å². The number of halogens is 1. The molecule has 168 valence electrons. The van der Waals surface area contributed by atoms with Gasteiger partial charge >= 0.3 is 0 Å². The van der Waals surface area contributed by atoms with Crippen LogP contribution in [0.5, 0.6) is 0 Å². The van der Waals surface area contributed by atoms with Crippen LogP contribution in [0.25, 0.3) is 22.6 Å². The fourth-order valence-corrected chi connectivity index (χ4v) is 3.96. The second kappa shape index (κ2) is 10.2. The molecule has 8 heteroatoms. The Kier molecular flexibility index (Phi) is 6.95. The molecule has 2 heterocycles. The summed E-state index contributed by atoms with van der Waals surface area (Å²) in [6.07, 6.45) is 0.616. The Morgan fingerprint density at radius 3 is 2.61 bits per heavy atom. The van der Waals surface area contributed by atoms with Crippen molar-refractivity contribution in [3.05, 3.63) is 83.2 Å². The lowest BCUT2D eigenvalue weighted by Gasteiger charge is -2.03. The second-order valence-corrected chi connectivity index (χ2v) is 8.30. The molecule has 0 spiro atoms. The molecule has 2 amide bonds. The van der Waals surface area contributed by atoms with Gasteiger partial charge in [0.1, 0.15) is 17.3 Å². The lowest BCUT2D eigenvalue weighted by Crippen LogP contribution is -2.18. The minimum absolute atomic E-state index is 0.0726. The Bertz CT molecular complexity index is 1260. The highest BCUT2D eigenvalue weighted by Crippen LogP contribution is 2.27. The van der Waals surface area contributed by atoms with Crippen molar-refractivity contribution >= 4 is 28.3 Å². The summed E-state index contributed by atoms with van der Waals surface area (Å²) in [6, 6.07) is 17.6. The Morgan fingerprint density at radius 2 is 1.85 bits per heavy atom. The Morgan fingerprint density at radius 1 is 1.06 bits per heavy atom. The van der Waals surface area contributed by atoms with Crippen molar-refractivity contribution in [2.45, 2.75) is 26.3 Å². The molecule has 2 aromatic carbocycles. The van der Waals surface area contributed by atoms with Crippen molar-refractivity contribution < 1.29 is 18.4 Å². The molecule has 0 saturated heterocycles. The fraction of sp³-hybridized carbons (Fsp3) is 0.160. The average molecular weight is 464 g/mol. The molecule has 0 radical (unpaired) electrons. The molecule has 0 aliphatic rings. The number of thiazole rings is 1. The zero-order valence-electron chi connectivity index (χ0n) is 17.9. The average Bonchev–Trinajstić information content (AvgIpc) is 3.47. The summed E-state index contributed by atoms with van der Waals surface area (Å²) in [5.41, 5.74) is 3.08. The zero-order valence-corrected chi connectivity index (χ0v) is 18.7. The van der Waals surface area contributed by atoms with Crippen LogP contribution in [0.3, 0.4) is 0 Å². The molecule has 0 bridgehead atoms. The van der Waals surface area contributed by atoms with Gasteiger partial charge in [0.15, 0.2) is 5.13 Å². The molecule has 0 aliphatic carbocycles. The van der Waals surface area contributed by atoms with Crippen LogP contribution in [0.15, 0.2) is 70.5 Å². The first-order valence-corrected chi connectivity index (χ1v) is 11.3. The van der Waals surface area contributed by atoms with Gasteiger partial charge < -0.3 is 15.1 Å². The number of anilines is 1. The summed E-state index contributed by atoms with van der Waals surface area (Å²) in [4.78, 5) is 27.9. The number of aryl methyl sites for hydroxylation is 1. The summed E-state index contributed by atoms with van der Waals surface area (Å²) < 4.78 is 19.6. The molecule has 4 aromatic rings. The van der Waals surface area contributed by atoms with Gasteiger partial charge in [0.2, 0.25) is 11.8 Å². The Balaban J connectivity index is 1.30. The van der Waals surface area contributed by atoms with Gasteiger partial charge in [-0.05, 0) is 29.8 Å². The van der Waals surface area contributed by atoms with Gasteiger partial charge in [-0.15, -0.1) is 11.3 Å². The van der Waals surface area contributed by atoms with Crippen molar-refractivity contribution in [2.75, 3.05) is 5.32 Å². The van der Waals surface area contributed by atoms with Crippen LogP contribution in [0.2, 0.25) is 0 Å². The minimum Gasteiger partial charge on any atom is -0.461 e. The predicted octanol–water partition coefficient (Wildman–Crippen LogP) is 5.42. The van der Waals surface area contributed by atoms with E-state index in [0.717, 1.165) is 16.8 Å². The highest BCUT2D eigenvalue weighted by molar-refractivity contribution is 7.14. The van der Waals surface area contributed by atoms with E-state index in [1.807, 2.05) is 29.6 Å². The number of nitrogens with zero attached hydrogens (tertiary/aromatic N) is 1. The van der Waals surface area contributed by atoms with Crippen molar-refractivity contribution in [1.82, 2.24) is 10.3 Å². The van der Waals surface area contributed by atoms with Gasteiger partial charge in [-0.2, -0.15) is 0 Å². The summed E-state index contributed by atoms with van der Waals surface area (Å²) in [7, 11) is 0. The van der Waals surface area contributed by atoms with Crippen molar-refractivity contribution in [3.8, 4) is 22.6 Å². The maximum Gasteiger partial charge on any atom is 0.226 e. The molecular weight excluding hydrogens is 441 g/mol. The SMILES string of the molecule is CC(=O)NCc1ccc(-c2csc(NC(=O)CCc3ccc(-c4ccccc4F)o3)n2)cc1. The topological polar surface area (TPSA) is 84.2 Å². The van der Waals surface area contributed by atoms with E-state index in [-0.39, 0.29) is 24.1 Å². The number of aromatic nitrogens is 1. The van der Waals surface area contributed by atoms with Crippen LogP contribution >= 0.6 is 11.3 Å². The molecule has 4 rings (SSSR count). The first-order valence-electron chi connectivity index (χ1n) is 10.4. The summed E-state index contributed by atoms with van der Waals surface area (Å²) in [5, 5.41) is 7.97. The third-order valence-electron chi connectivity index (χ3n) is 4.94. The number of nitrogens with one attached hydrogen (secondary N) is 2. The number of rotatable bonds is 8. The Hall–Kier alpha value is -3.78. The summed E-state index contributed by atoms with van der Waals surface area (Å²) in [6.45, 7) is 1.96. The molecular formula is C25H22FN3O3S. The number of carbonyl (C=O) groups excluding carboxylic acids is 2. The van der Waals surface area contributed by atoms with Gasteiger partial charge in [-0.1, -0.05) is 36.4 Å². The monoisotopic (exact) mass is 463 g/mol. The quantitative estimate of drug-likeness (QED) is 0.366. The molecule has 0 saturated carbocycles. The van der Waals surface area contributed by atoms with Gasteiger partial charge in [0, 0.05) is 37.3 Å². The van der Waals surface area contributed by atoms with Gasteiger partial charge in [-0.25, -0.2) is 9.37 Å². The van der Waals surface area contributed by atoms with Gasteiger partial charge in [0.25, 0.3) is 0 Å². The van der Waals surface area contributed by atoms with E-state index in [9.17, 15) is 14.0 Å². The van der Waals surface area contributed by atoms with E-state index < -0.39 is 0 Å².